The minimum atomic E-state index is -1.12. The second kappa shape index (κ2) is 6.42. The highest BCUT2D eigenvalue weighted by Gasteiger charge is 2.65. The van der Waals surface area contributed by atoms with Gasteiger partial charge in [-0.05, 0) is 51.3 Å². The van der Waals surface area contributed by atoms with Gasteiger partial charge < -0.3 is 15.9 Å². The highest BCUT2D eigenvalue weighted by molar-refractivity contribution is 5.96. The van der Waals surface area contributed by atoms with Crippen molar-refractivity contribution < 1.29 is 19.8 Å². The van der Waals surface area contributed by atoms with Gasteiger partial charge in [0.15, 0.2) is 0 Å². The highest BCUT2D eigenvalue weighted by Crippen LogP contribution is 2.59. The lowest BCUT2D eigenvalue weighted by Crippen LogP contribution is -2.73. The van der Waals surface area contributed by atoms with Crippen LogP contribution >= 0.6 is 0 Å². The standard InChI is InChI=1S/C22H28N2O4/c1-13(2)6-9-24-10-8-21-12-15(25)5-7-22(21,28)17(24)11-14-3-4-16(20(23)27)19(26)18(14)21/h3-4,6,17,26,28H,5,7-12H2,1-2H3,(H2,23,27)/t17-,21?,22-/m1/s1. The van der Waals surface area contributed by atoms with Crippen molar-refractivity contribution in [3.8, 4) is 5.75 Å². The van der Waals surface area contributed by atoms with Crippen LogP contribution in [0.15, 0.2) is 23.8 Å². The van der Waals surface area contributed by atoms with Gasteiger partial charge in [0, 0.05) is 36.4 Å². The quantitative estimate of drug-likeness (QED) is 0.690. The summed E-state index contributed by atoms with van der Waals surface area (Å²) in [6.45, 7) is 5.59. The maximum Gasteiger partial charge on any atom is 0.252 e. The van der Waals surface area contributed by atoms with E-state index in [1.54, 1.807) is 6.07 Å². The Morgan fingerprint density at radius 3 is 2.79 bits per heavy atom. The lowest BCUT2D eigenvalue weighted by atomic mass is 9.49. The van der Waals surface area contributed by atoms with Crippen molar-refractivity contribution in [1.29, 1.82) is 0 Å². The Morgan fingerprint density at radius 1 is 1.36 bits per heavy atom. The summed E-state index contributed by atoms with van der Waals surface area (Å²) in [4.78, 5) is 26.6. The molecule has 0 spiro atoms. The van der Waals surface area contributed by atoms with E-state index in [9.17, 15) is 19.8 Å². The van der Waals surface area contributed by atoms with Crippen molar-refractivity contribution in [3.63, 3.8) is 0 Å². The van der Waals surface area contributed by atoms with E-state index in [-0.39, 0.29) is 29.6 Å². The summed E-state index contributed by atoms with van der Waals surface area (Å²) in [5.74, 6) is -0.766. The molecule has 2 aliphatic carbocycles. The minimum absolute atomic E-state index is 0.0546. The number of Topliss-reactive ketones (excluding diaryl/α,β-unsaturated/α-hetero) is 1. The molecule has 1 aromatic rings. The van der Waals surface area contributed by atoms with Gasteiger partial charge in [-0.25, -0.2) is 0 Å². The summed E-state index contributed by atoms with van der Waals surface area (Å²) in [6.07, 6.45) is 4.21. The molecule has 0 radical (unpaired) electrons. The van der Waals surface area contributed by atoms with E-state index in [0.717, 1.165) is 18.7 Å². The molecule has 28 heavy (non-hydrogen) atoms. The molecule has 1 unspecified atom stereocenters. The van der Waals surface area contributed by atoms with Crippen LogP contribution in [0.3, 0.4) is 0 Å². The maximum atomic E-state index is 12.5. The summed E-state index contributed by atoms with van der Waals surface area (Å²) in [6, 6.07) is 3.25. The monoisotopic (exact) mass is 384 g/mol. The molecule has 2 bridgehead atoms. The molecule has 1 aromatic carbocycles. The van der Waals surface area contributed by atoms with Crippen LogP contribution in [0.1, 0.15) is 61.0 Å². The van der Waals surface area contributed by atoms with Crippen molar-refractivity contribution in [2.45, 2.75) is 63.0 Å². The van der Waals surface area contributed by atoms with Crippen LogP contribution in [-0.2, 0) is 16.6 Å². The first-order valence-electron chi connectivity index (χ1n) is 9.96. The van der Waals surface area contributed by atoms with Crippen LogP contribution in [0, 0.1) is 0 Å². The van der Waals surface area contributed by atoms with E-state index in [0.29, 0.717) is 31.2 Å². The Hall–Kier alpha value is -2.18. The predicted molar refractivity (Wildman–Crippen MR) is 105 cm³/mol. The zero-order chi connectivity index (χ0) is 20.3. The fourth-order valence-corrected chi connectivity index (χ4v) is 5.72. The van der Waals surface area contributed by atoms with Gasteiger partial charge in [0.05, 0.1) is 11.2 Å². The molecule has 6 heteroatoms. The Kier molecular flexibility index (Phi) is 4.39. The number of amides is 1. The van der Waals surface area contributed by atoms with E-state index >= 15 is 0 Å². The minimum Gasteiger partial charge on any atom is -0.507 e. The number of fused-ring (bicyclic) bond motifs is 1. The smallest absolute Gasteiger partial charge is 0.252 e. The molecule has 2 fully saturated rings. The number of phenols is 1. The molecule has 3 atom stereocenters. The topological polar surface area (TPSA) is 104 Å². The van der Waals surface area contributed by atoms with Gasteiger partial charge in [-0.3, -0.25) is 14.5 Å². The third kappa shape index (κ3) is 2.54. The van der Waals surface area contributed by atoms with Gasteiger partial charge in [0.1, 0.15) is 11.5 Å². The number of nitrogens with two attached hydrogens (primary N) is 1. The third-order valence-corrected chi connectivity index (χ3v) is 7.09. The third-order valence-electron chi connectivity index (χ3n) is 7.09. The van der Waals surface area contributed by atoms with Gasteiger partial charge in [-0.2, -0.15) is 0 Å². The number of piperidine rings is 1. The van der Waals surface area contributed by atoms with Gasteiger partial charge in [-0.15, -0.1) is 0 Å². The molecule has 0 aromatic heterocycles. The van der Waals surface area contributed by atoms with E-state index in [4.69, 9.17) is 5.73 Å². The van der Waals surface area contributed by atoms with E-state index in [1.165, 1.54) is 5.57 Å². The molecule has 4 N–H and O–H groups in total. The van der Waals surface area contributed by atoms with Crippen LogP contribution in [0.5, 0.6) is 5.75 Å². The number of allylic oxidation sites excluding steroid dienone is 1. The first kappa shape index (κ1) is 19.2. The molecule has 150 valence electrons. The summed E-state index contributed by atoms with van der Waals surface area (Å²) in [5, 5.41) is 22.9. The number of likely N-dealkylation sites (tertiary alicyclic amines) is 1. The number of hydrogen-bond acceptors (Lipinski definition) is 5. The lowest BCUT2D eigenvalue weighted by molar-refractivity contribution is -0.171. The van der Waals surface area contributed by atoms with Crippen LogP contribution < -0.4 is 5.73 Å². The number of carbonyl (C=O) groups is 2. The first-order chi connectivity index (χ1) is 13.2. The van der Waals surface area contributed by atoms with E-state index < -0.39 is 16.9 Å². The SMILES string of the molecule is CC(C)=CCN1CCC23CC(=O)CC[C@@]2(O)[C@H]1Cc1ccc(C(N)=O)c(O)c13. The van der Waals surface area contributed by atoms with Gasteiger partial charge in [0.25, 0.3) is 5.91 Å². The lowest BCUT2D eigenvalue weighted by Gasteiger charge is -2.63. The normalized spacial score (nSPS) is 31.7. The number of aliphatic hydroxyl groups is 1. The van der Waals surface area contributed by atoms with Gasteiger partial charge in [-0.1, -0.05) is 17.7 Å². The molecule has 4 rings (SSSR count). The summed E-state index contributed by atoms with van der Waals surface area (Å²) in [7, 11) is 0. The molecule has 1 saturated carbocycles. The van der Waals surface area contributed by atoms with E-state index in [2.05, 4.69) is 24.8 Å². The Balaban J connectivity index is 1.90. The summed E-state index contributed by atoms with van der Waals surface area (Å²) in [5.41, 5.74) is 6.21. The van der Waals surface area contributed by atoms with Crippen molar-refractivity contribution in [2.24, 2.45) is 5.73 Å². The molecule has 3 aliphatic rings. The van der Waals surface area contributed by atoms with Gasteiger partial charge in [0.2, 0.25) is 0 Å². The number of aromatic hydroxyl groups is 1. The molecule has 1 heterocycles. The van der Waals surface area contributed by atoms with Crippen LogP contribution in [0.25, 0.3) is 0 Å². The largest absolute Gasteiger partial charge is 0.507 e. The van der Waals surface area contributed by atoms with Crippen LogP contribution in [-0.4, -0.2) is 51.5 Å². The fourth-order valence-electron chi connectivity index (χ4n) is 5.72. The summed E-state index contributed by atoms with van der Waals surface area (Å²) >= 11 is 0. The molecule has 1 saturated heterocycles. The maximum absolute atomic E-state index is 12.5. The fraction of sp³-hybridized carbons (Fsp3) is 0.545. The molecule has 1 amide bonds. The van der Waals surface area contributed by atoms with Crippen molar-refractivity contribution in [3.05, 3.63) is 40.5 Å². The first-order valence-corrected chi connectivity index (χ1v) is 9.96. The van der Waals surface area contributed by atoms with Crippen LogP contribution in [0.4, 0.5) is 0 Å². The van der Waals surface area contributed by atoms with Crippen molar-refractivity contribution in [2.75, 3.05) is 13.1 Å². The number of benzene rings is 1. The number of primary amides is 1. The average Bonchev–Trinajstić information content (AvgIpc) is 2.61. The molecular formula is C22H28N2O4. The highest BCUT2D eigenvalue weighted by atomic mass is 16.3. The molecular weight excluding hydrogens is 356 g/mol. The zero-order valence-electron chi connectivity index (χ0n) is 16.5. The number of carbonyl (C=O) groups excluding carboxylic acids is 2. The second-order valence-corrected chi connectivity index (χ2v) is 8.83. The van der Waals surface area contributed by atoms with E-state index in [1.807, 2.05) is 6.07 Å². The zero-order valence-corrected chi connectivity index (χ0v) is 16.5. The van der Waals surface area contributed by atoms with Gasteiger partial charge >= 0.3 is 0 Å². The number of rotatable bonds is 3. The van der Waals surface area contributed by atoms with Crippen LogP contribution in [0.2, 0.25) is 0 Å². The Labute approximate surface area is 165 Å². The Morgan fingerprint density at radius 2 is 2.11 bits per heavy atom. The molecule has 6 nitrogen and oxygen atoms in total. The number of ketones is 1. The predicted octanol–water partition coefficient (Wildman–Crippen LogP) is 1.81. The van der Waals surface area contributed by atoms with Crippen molar-refractivity contribution >= 4 is 11.7 Å². The second-order valence-electron chi connectivity index (χ2n) is 8.83. The molecule has 1 aliphatic heterocycles. The Bertz CT molecular complexity index is 889. The number of nitrogens with zero attached hydrogens (tertiary/aromatic N) is 1. The average molecular weight is 384 g/mol. The number of hydrogen-bond donors (Lipinski definition) is 3. The summed E-state index contributed by atoms with van der Waals surface area (Å²) < 4.78 is 0. The van der Waals surface area contributed by atoms with Crippen molar-refractivity contribution in [1.82, 2.24) is 4.90 Å².